The fraction of sp³-hybridized carbons (Fsp3) is 0.0952. The van der Waals surface area contributed by atoms with Gasteiger partial charge in [-0.05, 0) is 42.0 Å². The number of nitrogens with one attached hydrogen (secondary N) is 1. The number of hydrogen-bond acceptors (Lipinski definition) is 3. The van der Waals surface area contributed by atoms with Crippen LogP contribution in [-0.2, 0) is 16.6 Å². The molecule has 3 aromatic carbocycles. The number of sulfonamides is 1. The maximum Gasteiger partial charge on any atom is 0.264 e. The Morgan fingerprint density at radius 2 is 1.68 bits per heavy atom. The van der Waals surface area contributed by atoms with Gasteiger partial charge in [-0.1, -0.05) is 54.1 Å². The van der Waals surface area contributed by atoms with Gasteiger partial charge in [-0.2, -0.15) is 0 Å². The van der Waals surface area contributed by atoms with E-state index in [0.717, 1.165) is 9.87 Å². The average Bonchev–Trinajstić information content (AvgIpc) is 2.72. The van der Waals surface area contributed by atoms with Gasteiger partial charge in [0.2, 0.25) is 0 Å². The summed E-state index contributed by atoms with van der Waals surface area (Å²) >= 11 is 5.96. The van der Waals surface area contributed by atoms with Crippen LogP contribution in [0.5, 0.6) is 0 Å². The van der Waals surface area contributed by atoms with Crippen molar-refractivity contribution in [1.29, 1.82) is 0 Å². The minimum Gasteiger partial charge on any atom is -0.348 e. The molecule has 0 spiro atoms. The molecule has 1 amide bonds. The largest absolute Gasteiger partial charge is 0.348 e. The van der Waals surface area contributed by atoms with Crippen LogP contribution < -0.4 is 9.62 Å². The molecule has 0 atom stereocenters. The van der Waals surface area contributed by atoms with Crippen molar-refractivity contribution in [2.24, 2.45) is 0 Å². The number of carbonyl (C=O) groups is 1. The summed E-state index contributed by atoms with van der Waals surface area (Å²) in [5, 5.41) is 3.24. The molecule has 0 saturated carbocycles. The van der Waals surface area contributed by atoms with E-state index in [-0.39, 0.29) is 16.4 Å². The predicted molar refractivity (Wildman–Crippen MR) is 111 cm³/mol. The lowest BCUT2D eigenvalue weighted by atomic mass is 10.2. The number of anilines is 1. The fourth-order valence-corrected chi connectivity index (χ4v) is 4.07. The molecule has 0 bridgehead atoms. The maximum atomic E-state index is 12.9. The summed E-state index contributed by atoms with van der Waals surface area (Å²) in [5.74, 6) is -0.341. The standard InChI is InChI=1S/C21H19ClN2O3S/c1-24(19-11-6-10-18(22)14-19)28(26,27)20-12-5-9-17(13-20)21(25)23-15-16-7-3-2-4-8-16/h2-14H,15H2,1H3,(H,23,25). The predicted octanol–water partition coefficient (Wildman–Crippen LogP) is 4.10. The Hall–Kier alpha value is -2.83. The second kappa shape index (κ2) is 8.46. The summed E-state index contributed by atoms with van der Waals surface area (Å²) in [5.41, 5.74) is 1.67. The second-order valence-electron chi connectivity index (χ2n) is 6.15. The fourth-order valence-electron chi connectivity index (χ4n) is 2.65. The van der Waals surface area contributed by atoms with Crippen LogP contribution in [0.25, 0.3) is 0 Å². The van der Waals surface area contributed by atoms with E-state index in [1.807, 2.05) is 30.3 Å². The molecule has 0 saturated heterocycles. The number of benzene rings is 3. The molecule has 0 aromatic heterocycles. The van der Waals surface area contributed by atoms with Gasteiger partial charge < -0.3 is 5.32 Å². The lowest BCUT2D eigenvalue weighted by molar-refractivity contribution is 0.0950. The molecule has 7 heteroatoms. The van der Waals surface area contributed by atoms with Crippen molar-refractivity contribution in [1.82, 2.24) is 5.32 Å². The summed E-state index contributed by atoms with van der Waals surface area (Å²) < 4.78 is 27.0. The van der Waals surface area contributed by atoms with Gasteiger partial charge in [0.25, 0.3) is 15.9 Å². The van der Waals surface area contributed by atoms with Gasteiger partial charge in [-0.3, -0.25) is 9.10 Å². The van der Waals surface area contributed by atoms with Crippen molar-refractivity contribution < 1.29 is 13.2 Å². The monoisotopic (exact) mass is 414 g/mol. The molecule has 144 valence electrons. The van der Waals surface area contributed by atoms with Gasteiger partial charge in [0.15, 0.2) is 0 Å². The molecule has 3 aromatic rings. The Morgan fingerprint density at radius 1 is 0.964 bits per heavy atom. The minimum atomic E-state index is -3.84. The number of amides is 1. The number of halogens is 1. The van der Waals surface area contributed by atoms with Crippen LogP contribution in [0, 0.1) is 0 Å². The van der Waals surface area contributed by atoms with E-state index in [0.29, 0.717) is 17.3 Å². The van der Waals surface area contributed by atoms with Crippen molar-refractivity contribution in [3.8, 4) is 0 Å². The van der Waals surface area contributed by atoms with Gasteiger partial charge >= 0.3 is 0 Å². The zero-order valence-corrected chi connectivity index (χ0v) is 16.7. The Kier molecular flexibility index (Phi) is 6.02. The first-order valence-electron chi connectivity index (χ1n) is 8.54. The van der Waals surface area contributed by atoms with Crippen LogP contribution >= 0.6 is 11.6 Å². The third kappa shape index (κ3) is 4.52. The molecule has 0 unspecified atom stereocenters. The summed E-state index contributed by atoms with van der Waals surface area (Å²) in [6.45, 7) is 0.360. The van der Waals surface area contributed by atoms with E-state index in [9.17, 15) is 13.2 Å². The van der Waals surface area contributed by atoms with E-state index >= 15 is 0 Å². The van der Waals surface area contributed by atoms with Crippen LogP contribution in [0.3, 0.4) is 0 Å². The van der Waals surface area contributed by atoms with E-state index in [2.05, 4.69) is 5.32 Å². The maximum absolute atomic E-state index is 12.9. The van der Waals surface area contributed by atoms with Crippen LogP contribution in [0.1, 0.15) is 15.9 Å². The van der Waals surface area contributed by atoms with E-state index in [1.54, 1.807) is 36.4 Å². The normalized spacial score (nSPS) is 11.1. The zero-order chi connectivity index (χ0) is 20.1. The quantitative estimate of drug-likeness (QED) is 0.660. The third-order valence-electron chi connectivity index (χ3n) is 4.22. The third-order valence-corrected chi connectivity index (χ3v) is 6.24. The van der Waals surface area contributed by atoms with Gasteiger partial charge in [0, 0.05) is 24.2 Å². The molecule has 0 aliphatic heterocycles. The highest BCUT2D eigenvalue weighted by molar-refractivity contribution is 7.92. The van der Waals surface area contributed by atoms with Crippen molar-refractivity contribution >= 4 is 33.2 Å². The lowest BCUT2D eigenvalue weighted by Crippen LogP contribution is -2.27. The Balaban J connectivity index is 1.80. The molecular formula is C21H19ClN2O3S. The Bertz CT molecular complexity index is 1090. The van der Waals surface area contributed by atoms with Crippen LogP contribution in [0.4, 0.5) is 5.69 Å². The average molecular weight is 415 g/mol. The molecule has 0 aliphatic carbocycles. The highest BCUT2D eigenvalue weighted by Gasteiger charge is 2.22. The van der Waals surface area contributed by atoms with E-state index in [1.165, 1.54) is 19.2 Å². The summed E-state index contributed by atoms with van der Waals surface area (Å²) in [6.07, 6.45) is 0. The van der Waals surface area contributed by atoms with Crippen molar-refractivity contribution in [3.05, 3.63) is 95.0 Å². The first kappa shape index (κ1) is 19.9. The topological polar surface area (TPSA) is 66.5 Å². The van der Waals surface area contributed by atoms with Gasteiger partial charge in [0.05, 0.1) is 10.6 Å². The van der Waals surface area contributed by atoms with Crippen molar-refractivity contribution in [2.45, 2.75) is 11.4 Å². The Morgan fingerprint density at radius 3 is 2.39 bits per heavy atom. The molecule has 28 heavy (non-hydrogen) atoms. The summed E-state index contributed by atoms with van der Waals surface area (Å²) in [6, 6.07) is 22.0. The number of nitrogens with zero attached hydrogens (tertiary/aromatic N) is 1. The molecular weight excluding hydrogens is 396 g/mol. The highest BCUT2D eigenvalue weighted by atomic mass is 35.5. The smallest absolute Gasteiger partial charge is 0.264 e. The van der Waals surface area contributed by atoms with Crippen LogP contribution in [0.15, 0.2) is 83.8 Å². The second-order valence-corrected chi connectivity index (χ2v) is 8.55. The van der Waals surface area contributed by atoms with Gasteiger partial charge in [-0.25, -0.2) is 8.42 Å². The summed E-state index contributed by atoms with van der Waals surface area (Å²) in [4.78, 5) is 12.5. The Labute approximate surface area is 169 Å². The van der Waals surface area contributed by atoms with Crippen molar-refractivity contribution in [2.75, 3.05) is 11.4 Å². The van der Waals surface area contributed by atoms with Crippen LogP contribution in [-0.4, -0.2) is 21.4 Å². The zero-order valence-electron chi connectivity index (χ0n) is 15.2. The first-order valence-corrected chi connectivity index (χ1v) is 10.4. The molecule has 0 fully saturated rings. The highest BCUT2D eigenvalue weighted by Crippen LogP contribution is 2.25. The molecule has 3 rings (SSSR count). The van der Waals surface area contributed by atoms with Gasteiger partial charge in [-0.15, -0.1) is 0 Å². The molecule has 5 nitrogen and oxygen atoms in total. The first-order chi connectivity index (χ1) is 13.4. The van der Waals surface area contributed by atoms with Crippen LogP contribution in [0.2, 0.25) is 5.02 Å². The molecule has 0 aliphatic rings. The van der Waals surface area contributed by atoms with Crippen molar-refractivity contribution in [3.63, 3.8) is 0 Å². The minimum absolute atomic E-state index is 0.0299. The number of carbonyl (C=O) groups excluding carboxylic acids is 1. The van der Waals surface area contributed by atoms with E-state index < -0.39 is 10.0 Å². The molecule has 1 N–H and O–H groups in total. The SMILES string of the molecule is CN(c1cccc(Cl)c1)S(=O)(=O)c1cccc(C(=O)NCc2ccccc2)c1. The lowest BCUT2D eigenvalue weighted by Gasteiger charge is -2.20. The number of rotatable bonds is 6. The molecule has 0 radical (unpaired) electrons. The summed E-state index contributed by atoms with van der Waals surface area (Å²) in [7, 11) is -2.39. The number of hydrogen-bond donors (Lipinski definition) is 1. The molecule has 0 heterocycles. The van der Waals surface area contributed by atoms with E-state index in [4.69, 9.17) is 11.6 Å². The van der Waals surface area contributed by atoms with Gasteiger partial charge in [0.1, 0.15) is 0 Å².